The summed E-state index contributed by atoms with van der Waals surface area (Å²) in [4.78, 5) is 12.8. The molecule has 0 amide bonds. The molecule has 0 spiro atoms. The summed E-state index contributed by atoms with van der Waals surface area (Å²) in [6.07, 6.45) is 0. The summed E-state index contributed by atoms with van der Waals surface area (Å²) < 4.78 is 5.13. The van der Waals surface area contributed by atoms with Crippen LogP contribution >= 0.6 is 0 Å². The van der Waals surface area contributed by atoms with Gasteiger partial charge in [0.15, 0.2) is 5.69 Å². The van der Waals surface area contributed by atoms with E-state index in [0.717, 1.165) is 22.8 Å². The van der Waals surface area contributed by atoms with Crippen LogP contribution in [0.4, 0.5) is 11.4 Å². The Bertz CT molecular complexity index is 975. The summed E-state index contributed by atoms with van der Waals surface area (Å²) in [5.74, 6) is 0. The minimum Gasteiger partial charge on any atom is -0.283 e. The first kappa shape index (κ1) is 15.9. The third-order valence-corrected chi connectivity index (χ3v) is 4.24. The number of aryl methyl sites for hydroxylation is 2. The molecule has 0 aliphatic carbocycles. The molecule has 0 saturated heterocycles. The first-order valence-corrected chi connectivity index (χ1v) is 7.67. The lowest BCUT2D eigenvalue weighted by Crippen LogP contribution is -2.19. The first-order valence-electron chi connectivity index (χ1n) is 7.67. The van der Waals surface area contributed by atoms with Crippen LogP contribution in [0.25, 0.3) is 5.69 Å². The lowest BCUT2D eigenvalue weighted by Gasteiger charge is -2.07. The van der Waals surface area contributed by atoms with Crippen molar-refractivity contribution in [2.75, 3.05) is 0 Å². The normalized spacial score (nSPS) is 11.5. The van der Waals surface area contributed by atoms with Gasteiger partial charge < -0.3 is 0 Å². The van der Waals surface area contributed by atoms with Crippen LogP contribution in [0.5, 0.6) is 0 Å². The molecular formula is C17H20N6O. The molecule has 7 heteroatoms. The number of aromatic nitrogens is 4. The summed E-state index contributed by atoms with van der Waals surface area (Å²) in [7, 11) is 3.70. The molecule has 124 valence electrons. The Labute approximate surface area is 139 Å². The van der Waals surface area contributed by atoms with Crippen molar-refractivity contribution in [1.29, 1.82) is 0 Å². The molecule has 1 aromatic carbocycles. The van der Waals surface area contributed by atoms with E-state index in [2.05, 4.69) is 15.3 Å². The second-order valence-electron chi connectivity index (χ2n) is 5.75. The van der Waals surface area contributed by atoms with Gasteiger partial charge in [0.2, 0.25) is 0 Å². The number of benzene rings is 1. The number of para-hydroxylation sites is 1. The van der Waals surface area contributed by atoms with Gasteiger partial charge >= 0.3 is 0 Å². The van der Waals surface area contributed by atoms with E-state index >= 15 is 0 Å². The number of nitrogens with zero attached hydrogens (tertiary/aromatic N) is 6. The molecule has 0 atom stereocenters. The van der Waals surface area contributed by atoms with Gasteiger partial charge in [0.05, 0.1) is 22.8 Å². The molecule has 0 fully saturated rings. The fourth-order valence-corrected chi connectivity index (χ4v) is 2.68. The van der Waals surface area contributed by atoms with Crippen LogP contribution in [0, 0.1) is 20.8 Å². The van der Waals surface area contributed by atoms with E-state index in [-0.39, 0.29) is 5.56 Å². The van der Waals surface area contributed by atoms with Gasteiger partial charge in [-0.05, 0) is 32.9 Å². The van der Waals surface area contributed by atoms with Crippen molar-refractivity contribution in [2.45, 2.75) is 20.8 Å². The van der Waals surface area contributed by atoms with E-state index in [4.69, 9.17) is 0 Å². The summed E-state index contributed by atoms with van der Waals surface area (Å²) in [6.45, 7) is 5.66. The number of hydrogen-bond acceptors (Lipinski definition) is 4. The molecule has 2 heterocycles. The molecule has 0 bridgehead atoms. The second-order valence-corrected chi connectivity index (χ2v) is 5.75. The van der Waals surface area contributed by atoms with Gasteiger partial charge in [0, 0.05) is 14.1 Å². The third kappa shape index (κ3) is 2.47. The van der Waals surface area contributed by atoms with E-state index < -0.39 is 0 Å². The van der Waals surface area contributed by atoms with Crippen molar-refractivity contribution in [3.8, 4) is 5.69 Å². The zero-order valence-corrected chi connectivity index (χ0v) is 14.5. The number of rotatable bonds is 3. The molecule has 0 N–H and O–H groups in total. The maximum atomic E-state index is 12.8. The minimum absolute atomic E-state index is 0.191. The standard InChI is InChI=1S/C17H20N6O/c1-11-15(12(2)21(4)20-11)18-19-16-13(3)22(5)23(17(16)24)14-9-7-6-8-10-14/h6-10H,1-5H3. The SMILES string of the molecule is Cc1nn(C)c(C)c1N=Nc1c(C)n(C)n(-c2ccccc2)c1=O. The molecule has 0 unspecified atom stereocenters. The van der Waals surface area contributed by atoms with Crippen molar-refractivity contribution >= 4 is 11.4 Å². The Morgan fingerprint density at radius 2 is 1.54 bits per heavy atom. The van der Waals surface area contributed by atoms with Gasteiger partial charge in [-0.15, -0.1) is 10.2 Å². The smallest absolute Gasteiger partial charge is 0.283 e. The number of azo groups is 1. The largest absolute Gasteiger partial charge is 0.299 e. The van der Waals surface area contributed by atoms with E-state index in [9.17, 15) is 4.79 Å². The Morgan fingerprint density at radius 1 is 0.917 bits per heavy atom. The molecule has 7 nitrogen and oxygen atoms in total. The molecule has 3 aromatic rings. The fourth-order valence-electron chi connectivity index (χ4n) is 2.68. The molecule has 0 aliphatic rings. The van der Waals surface area contributed by atoms with Gasteiger partial charge in [-0.3, -0.25) is 14.2 Å². The molecule has 0 radical (unpaired) electrons. The molecule has 0 saturated carbocycles. The van der Waals surface area contributed by atoms with Crippen LogP contribution in [0.3, 0.4) is 0 Å². The Balaban J connectivity index is 2.10. The highest BCUT2D eigenvalue weighted by Gasteiger charge is 2.16. The first-order chi connectivity index (χ1) is 11.4. The van der Waals surface area contributed by atoms with Crippen molar-refractivity contribution < 1.29 is 0 Å². The van der Waals surface area contributed by atoms with Crippen LogP contribution in [0.2, 0.25) is 0 Å². The average molecular weight is 324 g/mol. The van der Waals surface area contributed by atoms with Gasteiger partial charge in [0.1, 0.15) is 5.69 Å². The lowest BCUT2D eigenvalue weighted by molar-refractivity contribution is 0.630. The molecule has 24 heavy (non-hydrogen) atoms. The average Bonchev–Trinajstić information content (AvgIpc) is 2.93. The molecule has 2 aromatic heterocycles. The van der Waals surface area contributed by atoms with Gasteiger partial charge in [-0.2, -0.15) is 5.10 Å². The quantitative estimate of drug-likeness (QED) is 0.694. The van der Waals surface area contributed by atoms with Crippen LogP contribution in [-0.2, 0) is 14.1 Å². The highest BCUT2D eigenvalue weighted by molar-refractivity contribution is 5.48. The molecule has 3 rings (SSSR count). The van der Waals surface area contributed by atoms with Crippen molar-refractivity contribution in [2.24, 2.45) is 24.3 Å². The highest BCUT2D eigenvalue weighted by Crippen LogP contribution is 2.25. The Morgan fingerprint density at radius 3 is 2.12 bits per heavy atom. The van der Waals surface area contributed by atoms with E-state index in [1.165, 1.54) is 0 Å². The molecular weight excluding hydrogens is 304 g/mol. The summed E-state index contributed by atoms with van der Waals surface area (Å²) in [6, 6.07) is 9.48. The van der Waals surface area contributed by atoms with Gasteiger partial charge in [0.25, 0.3) is 5.56 Å². The number of hydrogen-bond donors (Lipinski definition) is 0. The third-order valence-electron chi connectivity index (χ3n) is 4.24. The van der Waals surface area contributed by atoms with Crippen LogP contribution in [0.15, 0.2) is 45.4 Å². The second kappa shape index (κ2) is 5.92. The summed E-state index contributed by atoms with van der Waals surface area (Å²) >= 11 is 0. The van der Waals surface area contributed by atoms with Gasteiger partial charge in [-0.25, -0.2) is 4.68 Å². The maximum Gasteiger partial charge on any atom is 0.299 e. The Kier molecular flexibility index (Phi) is 3.92. The predicted octanol–water partition coefficient (Wildman–Crippen LogP) is 3.25. The minimum atomic E-state index is -0.191. The van der Waals surface area contributed by atoms with Gasteiger partial charge in [-0.1, -0.05) is 18.2 Å². The maximum absolute atomic E-state index is 12.8. The van der Waals surface area contributed by atoms with Crippen LogP contribution in [0.1, 0.15) is 17.1 Å². The highest BCUT2D eigenvalue weighted by atomic mass is 16.1. The predicted molar refractivity (Wildman–Crippen MR) is 92.6 cm³/mol. The lowest BCUT2D eigenvalue weighted by atomic mass is 10.3. The zero-order valence-electron chi connectivity index (χ0n) is 14.5. The van der Waals surface area contributed by atoms with Crippen LogP contribution < -0.4 is 5.56 Å². The van der Waals surface area contributed by atoms with Crippen molar-refractivity contribution in [3.05, 3.63) is 57.8 Å². The van der Waals surface area contributed by atoms with E-state index in [0.29, 0.717) is 11.4 Å². The fraction of sp³-hybridized carbons (Fsp3) is 0.294. The van der Waals surface area contributed by atoms with E-state index in [1.807, 2.05) is 65.2 Å². The molecule has 0 aliphatic heterocycles. The van der Waals surface area contributed by atoms with E-state index in [1.54, 1.807) is 14.0 Å². The summed E-state index contributed by atoms with van der Waals surface area (Å²) in [5.41, 5.74) is 4.10. The van der Waals surface area contributed by atoms with Crippen molar-refractivity contribution in [1.82, 2.24) is 19.1 Å². The monoisotopic (exact) mass is 324 g/mol. The summed E-state index contributed by atoms with van der Waals surface area (Å²) in [5, 5.41) is 12.8. The topological polar surface area (TPSA) is 69.5 Å². The zero-order chi connectivity index (χ0) is 17.4. The van der Waals surface area contributed by atoms with Crippen molar-refractivity contribution in [3.63, 3.8) is 0 Å². The Hall–Kier alpha value is -2.96. The van der Waals surface area contributed by atoms with Crippen LogP contribution in [-0.4, -0.2) is 19.1 Å².